The van der Waals surface area contributed by atoms with Gasteiger partial charge in [0.1, 0.15) is 5.69 Å². The maximum Gasteiger partial charge on any atom is 0.267 e. The molecule has 2 atom stereocenters. The summed E-state index contributed by atoms with van der Waals surface area (Å²) in [7, 11) is 3.22. The third kappa shape index (κ3) is 3.63. The molecule has 1 amide bonds. The van der Waals surface area contributed by atoms with Crippen LogP contribution in [0.25, 0.3) is 10.9 Å². The first-order chi connectivity index (χ1) is 13.2. The molecule has 2 aliphatic rings. The van der Waals surface area contributed by atoms with Crippen molar-refractivity contribution in [1.82, 2.24) is 15.2 Å². The van der Waals surface area contributed by atoms with E-state index < -0.39 is 0 Å². The molecule has 2 N–H and O–H groups in total. The maximum absolute atomic E-state index is 12.7. The molecule has 0 spiro atoms. The number of amides is 1. The van der Waals surface area contributed by atoms with Crippen LogP contribution in [-0.2, 0) is 0 Å². The van der Waals surface area contributed by atoms with Crippen LogP contribution >= 0.6 is 0 Å². The summed E-state index contributed by atoms with van der Waals surface area (Å²) in [6.07, 6.45) is 6.35. The highest BCUT2D eigenvalue weighted by atomic mass is 16.5. The lowest BCUT2D eigenvalue weighted by atomic mass is 9.83. The number of methoxy groups -OCH3 is 2. The quantitative estimate of drug-likeness (QED) is 0.847. The molecule has 6 nitrogen and oxygen atoms in total. The second-order valence-electron chi connectivity index (χ2n) is 7.69. The van der Waals surface area contributed by atoms with Crippen molar-refractivity contribution in [3.8, 4) is 11.5 Å². The van der Waals surface area contributed by atoms with Crippen molar-refractivity contribution in [1.29, 1.82) is 0 Å². The van der Waals surface area contributed by atoms with E-state index in [9.17, 15) is 4.79 Å². The van der Waals surface area contributed by atoms with E-state index in [1.54, 1.807) is 14.2 Å². The number of nitrogens with zero attached hydrogens (tertiary/aromatic N) is 1. The molecule has 2 aliphatic heterocycles. The van der Waals surface area contributed by atoms with Gasteiger partial charge in [-0.15, -0.1) is 0 Å². The largest absolute Gasteiger partial charge is 0.493 e. The first-order valence-corrected chi connectivity index (χ1v) is 9.96. The van der Waals surface area contributed by atoms with Gasteiger partial charge < -0.3 is 24.7 Å². The highest BCUT2D eigenvalue weighted by Gasteiger charge is 2.33. The molecule has 2 aromatic rings. The van der Waals surface area contributed by atoms with E-state index in [-0.39, 0.29) is 5.91 Å². The molecule has 0 aliphatic carbocycles. The summed E-state index contributed by atoms with van der Waals surface area (Å²) in [6, 6.07) is 6.28. The van der Waals surface area contributed by atoms with Crippen LogP contribution < -0.4 is 14.8 Å². The first kappa shape index (κ1) is 18.2. The number of nitrogens with one attached hydrogen (secondary N) is 2. The zero-order valence-electron chi connectivity index (χ0n) is 16.2. The third-order valence-corrected chi connectivity index (χ3v) is 6.12. The molecule has 2 saturated heterocycles. The van der Waals surface area contributed by atoms with Crippen molar-refractivity contribution in [3.05, 3.63) is 23.9 Å². The van der Waals surface area contributed by atoms with Gasteiger partial charge in [-0.05, 0) is 56.8 Å². The SMILES string of the molecule is COc1cc2cc(C(=O)NC[C@@H]3CCCN4CCCCC34)[nH]c2cc1OC. The number of piperidine rings is 2. The van der Waals surface area contributed by atoms with Gasteiger partial charge in [0.25, 0.3) is 5.91 Å². The molecule has 0 radical (unpaired) electrons. The first-order valence-electron chi connectivity index (χ1n) is 9.96. The minimum absolute atomic E-state index is 0.0444. The molecule has 1 aromatic heterocycles. The summed E-state index contributed by atoms with van der Waals surface area (Å²) in [6.45, 7) is 3.20. The number of ether oxygens (including phenoxy) is 2. The minimum Gasteiger partial charge on any atom is -0.493 e. The Morgan fingerprint density at radius 2 is 1.89 bits per heavy atom. The molecule has 146 valence electrons. The number of aromatic nitrogens is 1. The molecule has 1 aromatic carbocycles. The number of H-pyrrole nitrogens is 1. The van der Waals surface area contributed by atoms with Crippen molar-refractivity contribution in [3.63, 3.8) is 0 Å². The van der Waals surface area contributed by atoms with Crippen LogP contribution in [0.15, 0.2) is 18.2 Å². The number of benzene rings is 1. The normalized spacial score (nSPS) is 23.0. The third-order valence-electron chi connectivity index (χ3n) is 6.12. The molecule has 6 heteroatoms. The average molecular weight is 371 g/mol. The Morgan fingerprint density at radius 1 is 1.11 bits per heavy atom. The molecule has 0 bridgehead atoms. The van der Waals surface area contributed by atoms with Crippen molar-refractivity contribution in [2.24, 2.45) is 5.92 Å². The van der Waals surface area contributed by atoms with Gasteiger partial charge in [0, 0.05) is 29.6 Å². The average Bonchev–Trinajstić information content (AvgIpc) is 3.13. The van der Waals surface area contributed by atoms with Gasteiger partial charge in [-0.1, -0.05) is 6.42 Å². The van der Waals surface area contributed by atoms with Crippen molar-refractivity contribution in [2.75, 3.05) is 33.9 Å². The number of carbonyl (C=O) groups is 1. The Kier molecular flexibility index (Phi) is 5.25. The summed E-state index contributed by atoms with van der Waals surface area (Å²) in [5.74, 6) is 1.83. The Bertz CT molecular complexity index is 773. The van der Waals surface area contributed by atoms with E-state index in [4.69, 9.17) is 9.47 Å². The second-order valence-corrected chi connectivity index (χ2v) is 7.69. The summed E-state index contributed by atoms with van der Waals surface area (Å²) < 4.78 is 10.7. The monoisotopic (exact) mass is 371 g/mol. The highest BCUT2D eigenvalue weighted by Crippen LogP contribution is 2.33. The fourth-order valence-corrected chi connectivity index (χ4v) is 4.72. The topological polar surface area (TPSA) is 66.6 Å². The number of carbonyl (C=O) groups excluding carboxylic acids is 1. The lowest BCUT2D eigenvalue weighted by molar-refractivity contribution is 0.0575. The van der Waals surface area contributed by atoms with Gasteiger partial charge >= 0.3 is 0 Å². The van der Waals surface area contributed by atoms with Gasteiger partial charge in [0.05, 0.1) is 14.2 Å². The second kappa shape index (κ2) is 7.80. The van der Waals surface area contributed by atoms with Crippen LogP contribution in [0.4, 0.5) is 0 Å². The summed E-state index contributed by atoms with van der Waals surface area (Å²) in [4.78, 5) is 18.5. The van der Waals surface area contributed by atoms with Crippen LogP contribution in [0.5, 0.6) is 11.5 Å². The van der Waals surface area contributed by atoms with Crippen LogP contribution in [0.2, 0.25) is 0 Å². The minimum atomic E-state index is -0.0444. The Hall–Kier alpha value is -2.21. The molecule has 2 fully saturated rings. The van der Waals surface area contributed by atoms with Crippen molar-refractivity contribution < 1.29 is 14.3 Å². The number of hydrogen-bond donors (Lipinski definition) is 2. The Labute approximate surface area is 160 Å². The summed E-state index contributed by atoms with van der Waals surface area (Å²) in [5, 5.41) is 4.10. The van der Waals surface area contributed by atoms with Crippen LogP contribution in [0.3, 0.4) is 0 Å². The van der Waals surface area contributed by atoms with E-state index in [2.05, 4.69) is 15.2 Å². The van der Waals surface area contributed by atoms with Gasteiger partial charge in [-0.2, -0.15) is 0 Å². The lowest BCUT2D eigenvalue weighted by Gasteiger charge is -2.44. The van der Waals surface area contributed by atoms with Crippen LogP contribution in [0, 0.1) is 5.92 Å². The Morgan fingerprint density at radius 3 is 2.70 bits per heavy atom. The zero-order chi connectivity index (χ0) is 18.8. The number of aromatic amines is 1. The Balaban J connectivity index is 1.45. The summed E-state index contributed by atoms with van der Waals surface area (Å²) >= 11 is 0. The molecule has 1 unspecified atom stereocenters. The molecular formula is C21H29N3O3. The van der Waals surface area contributed by atoms with Gasteiger partial charge in [-0.3, -0.25) is 4.79 Å². The molecule has 3 heterocycles. The predicted octanol–water partition coefficient (Wildman–Crippen LogP) is 3.18. The number of rotatable bonds is 5. The molecule has 4 rings (SSSR count). The smallest absolute Gasteiger partial charge is 0.267 e. The van der Waals surface area contributed by atoms with E-state index in [1.807, 2.05) is 18.2 Å². The number of hydrogen-bond acceptors (Lipinski definition) is 4. The molecule has 27 heavy (non-hydrogen) atoms. The zero-order valence-corrected chi connectivity index (χ0v) is 16.2. The van der Waals surface area contributed by atoms with Gasteiger partial charge in [0.2, 0.25) is 0 Å². The highest BCUT2D eigenvalue weighted by molar-refractivity contribution is 5.98. The van der Waals surface area contributed by atoms with E-state index in [0.717, 1.165) is 17.4 Å². The van der Waals surface area contributed by atoms with E-state index in [0.29, 0.717) is 29.2 Å². The van der Waals surface area contributed by atoms with Crippen LogP contribution in [0.1, 0.15) is 42.6 Å². The van der Waals surface area contributed by atoms with Crippen molar-refractivity contribution in [2.45, 2.75) is 38.1 Å². The predicted molar refractivity (Wildman–Crippen MR) is 106 cm³/mol. The fraction of sp³-hybridized carbons (Fsp3) is 0.571. The van der Waals surface area contributed by atoms with Crippen molar-refractivity contribution >= 4 is 16.8 Å². The number of fused-ring (bicyclic) bond motifs is 2. The molecule has 0 saturated carbocycles. The standard InChI is InChI=1S/C21H29N3O3/c1-26-19-11-15-10-17(23-16(15)12-20(19)27-2)21(25)22-13-14-6-5-9-24-8-4-3-7-18(14)24/h10-12,14,18,23H,3-9,13H2,1-2H3,(H,22,25)/t14-,18?/m0/s1. The van der Waals surface area contributed by atoms with Gasteiger partial charge in [0.15, 0.2) is 11.5 Å². The van der Waals surface area contributed by atoms with Crippen LogP contribution in [-0.4, -0.2) is 55.7 Å². The van der Waals surface area contributed by atoms with Gasteiger partial charge in [-0.25, -0.2) is 0 Å². The molecular weight excluding hydrogens is 342 g/mol. The lowest BCUT2D eigenvalue weighted by Crippen LogP contribution is -2.51. The maximum atomic E-state index is 12.7. The van der Waals surface area contributed by atoms with E-state index in [1.165, 1.54) is 45.2 Å². The fourth-order valence-electron chi connectivity index (χ4n) is 4.72. The summed E-state index contributed by atoms with van der Waals surface area (Å²) in [5.41, 5.74) is 1.45. The van der Waals surface area contributed by atoms with E-state index >= 15 is 0 Å².